The van der Waals surface area contributed by atoms with Crippen LogP contribution in [0.3, 0.4) is 0 Å². The van der Waals surface area contributed by atoms with Gasteiger partial charge in [-0.2, -0.15) is 0 Å². The lowest BCUT2D eigenvalue weighted by atomic mass is 10.0. The molecule has 0 aliphatic heterocycles. The second-order valence-electron chi connectivity index (χ2n) is 6.12. The van der Waals surface area contributed by atoms with E-state index in [1.807, 2.05) is 0 Å². The van der Waals surface area contributed by atoms with E-state index >= 15 is 0 Å². The van der Waals surface area contributed by atoms with Crippen LogP contribution in [0.2, 0.25) is 0 Å². The van der Waals surface area contributed by atoms with Crippen LogP contribution in [0, 0.1) is 0 Å². The number of hydrogen-bond acceptors (Lipinski definition) is 2. The zero-order valence-electron chi connectivity index (χ0n) is 14.6. The molecule has 5 heteroatoms. The largest absolute Gasteiger partial charge is 0.481 e. The van der Waals surface area contributed by atoms with Gasteiger partial charge >= 0.3 is 5.97 Å². The Hall–Kier alpha value is -1.48. The van der Waals surface area contributed by atoms with Crippen molar-refractivity contribution in [1.29, 1.82) is 0 Å². The molecule has 0 amide bonds. The molecule has 132 valence electrons. The monoisotopic (exact) mass is 323 g/mol. The van der Waals surface area contributed by atoms with E-state index in [1.165, 1.54) is 19.3 Å². The van der Waals surface area contributed by atoms with Gasteiger partial charge < -0.3 is 5.11 Å². The standard InChI is InChI=1S/C18H33N3O2/c1-2-3-4-11-14-17(20-21-19)15-12-9-7-5-6-8-10-13-16-18(22)23/h9,12,17H,2-8,10-11,13-16H2,1H3,(H,22,23)/b12-9-. The third kappa shape index (κ3) is 16.7. The number of unbranched alkanes of at least 4 members (excludes halogenated alkanes) is 8. The summed E-state index contributed by atoms with van der Waals surface area (Å²) in [5.74, 6) is -0.697. The highest BCUT2D eigenvalue weighted by atomic mass is 16.4. The molecule has 0 aromatic heterocycles. The summed E-state index contributed by atoms with van der Waals surface area (Å²) in [5, 5.41) is 12.4. The summed E-state index contributed by atoms with van der Waals surface area (Å²) in [6.45, 7) is 2.19. The highest BCUT2D eigenvalue weighted by molar-refractivity contribution is 5.66. The number of carbonyl (C=O) groups is 1. The summed E-state index contributed by atoms with van der Waals surface area (Å²) >= 11 is 0. The van der Waals surface area contributed by atoms with Crippen molar-refractivity contribution in [1.82, 2.24) is 0 Å². The van der Waals surface area contributed by atoms with Gasteiger partial charge in [0.15, 0.2) is 0 Å². The first-order valence-corrected chi connectivity index (χ1v) is 9.11. The molecule has 1 N–H and O–H groups in total. The van der Waals surface area contributed by atoms with Crippen molar-refractivity contribution in [3.05, 3.63) is 22.6 Å². The van der Waals surface area contributed by atoms with E-state index in [4.69, 9.17) is 10.6 Å². The van der Waals surface area contributed by atoms with Crippen LogP contribution < -0.4 is 0 Å². The molecule has 0 saturated heterocycles. The van der Waals surface area contributed by atoms with Gasteiger partial charge in [-0.3, -0.25) is 4.79 Å². The third-order valence-electron chi connectivity index (χ3n) is 3.94. The van der Waals surface area contributed by atoms with Gasteiger partial charge in [-0.15, -0.1) is 0 Å². The molecule has 1 unspecified atom stereocenters. The summed E-state index contributed by atoms with van der Waals surface area (Å²) in [7, 11) is 0. The lowest BCUT2D eigenvalue weighted by Crippen LogP contribution is -2.01. The number of nitrogens with zero attached hydrogens (tertiary/aromatic N) is 3. The van der Waals surface area contributed by atoms with Crippen molar-refractivity contribution in [3.8, 4) is 0 Å². The minimum absolute atomic E-state index is 0.101. The van der Waals surface area contributed by atoms with Crippen molar-refractivity contribution < 1.29 is 9.90 Å². The van der Waals surface area contributed by atoms with Gasteiger partial charge in [-0.1, -0.05) is 69.1 Å². The van der Waals surface area contributed by atoms with Gasteiger partial charge in [0.05, 0.1) is 0 Å². The number of azide groups is 1. The maximum Gasteiger partial charge on any atom is 0.303 e. The second kappa shape index (κ2) is 16.9. The fourth-order valence-corrected chi connectivity index (χ4v) is 2.54. The van der Waals surface area contributed by atoms with E-state index in [0.717, 1.165) is 57.8 Å². The predicted octanol–water partition coefficient (Wildman–Crippen LogP) is 6.40. The Labute approximate surface area is 140 Å². The fourth-order valence-electron chi connectivity index (χ4n) is 2.54. The van der Waals surface area contributed by atoms with E-state index in [1.54, 1.807) is 0 Å². The Morgan fingerprint density at radius 3 is 2.48 bits per heavy atom. The normalized spacial score (nSPS) is 12.2. The van der Waals surface area contributed by atoms with Crippen LogP contribution in [0.1, 0.15) is 90.4 Å². The maximum atomic E-state index is 10.4. The van der Waals surface area contributed by atoms with Gasteiger partial charge in [0, 0.05) is 17.4 Å². The molecular formula is C18H33N3O2. The van der Waals surface area contributed by atoms with Crippen LogP contribution in [0.15, 0.2) is 17.3 Å². The first kappa shape index (κ1) is 21.5. The zero-order valence-corrected chi connectivity index (χ0v) is 14.6. The molecule has 0 aromatic rings. The van der Waals surface area contributed by atoms with Crippen molar-refractivity contribution in [3.63, 3.8) is 0 Å². The van der Waals surface area contributed by atoms with Crippen LogP contribution in [-0.2, 0) is 4.79 Å². The van der Waals surface area contributed by atoms with Gasteiger partial charge in [0.1, 0.15) is 0 Å². The number of aliphatic carboxylic acids is 1. The Morgan fingerprint density at radius 2 is 1.78 bits per heavy atom. The topological polar surface area (TPSA) is 86.1 Å². The van der Waals surface area contributed by atoms with Crippen molar-refractivity contribution in [2.75, 3.05) is 0 Å². The summed E-state index contributed by atoms with van der Waals surface area (Å²) in [6.07, 6.45) is 17.5. The van der Waals surface area contributed by atoms with Gasteiger partial charge in [-0.25, -0.2) is 0 Å². The summed E-state index contributed by atoms with van der Waals surface area (Å²) in [4.78, 5) is 13.3. The van der Waals surface area contributed by atoms with E-state index in [0.29, 0.717) is 6.42 Å². The van der Waals surface area contributed by atoms with Crippen molar-refractivity contribution >= 4 is 5.97 Å². The molecule has 23 heavy (non-hydrogen) atoms. The average Bonchev–Trinajstić information content (AvgIpc) is 2.52. The number of carboxylic acid groups (broad SMARTS) is 1. The average molecular weight is 323 g/mol. The van der Waals surface area contributed by atoms with Crippen LogP contribution in [-0.4, -0.2) is 17.1 Å². The minimum Gasteiger partial charge on any atom is -0.481 e. The smallest absolute Gasteiger partial charge is 0.303 e. The molecule has 0 aromatic carbocycles. The quantitative estimate of drug-likeness (QED) is 0.117. The first-order chi connectivity index (χ1) is 11.2. The van der Waals surface area contributed by atoms with Gasteiger partial charge in [-0.05, 0) is 37.6 Å². The Morgan fingerprint density at radius 1 is 1.09 bits per heavy atom. The van der Waals surface area contributed by atoms with Crippen molar-refractivity contribution in [2.24, 2.45) is 5.11 Å². The highest BCUT2D eigenvalue weighted by Gasteiger charge is 2.03. The van der Waals surface area contributed by atoms with Gasteiger partial charge in [0.25, 0.3) is 0 Å². The lowest BCUT2D eigenvalue weighted by Gasteiger charge is -2.07. The molecular weight excluding hydrogens is 290 g/mol. The summed E-state index contributed by atoms with van der Waals surface area (Å²) < 4.78 is 0. The predicted molar refractivity (Wildman–Crippen MR) is 95.4 cm³/mol. The summed E-state index contributed by atoms with van der Waals surface area (Å²) in [5.41, 5.74) is 8.61. The lowest BCUT2D eigenvalue weighted by molar-refractivity contribution is -0.137. The van der Waals surface area contributed by atoms with Crippen molar-refractivity contribution in [2.45, 2.75) is 96.4 Å². The number of rotatable bonds is 16. The maximum absolute atomic E-state index is 10.4. The molecule has 0 radical (unpaired) electrons. The number of carboxylic acids is 1. The molecule has 0 aliphatic carbocycles. The van der Waals surface area contributed by atoms with E-state index in [2.05, 4.69) is 29.1 Å². The molecule has 0 bridgehead atoms. The Kier molecular flexibility index (Phi) is 15.8. The molecule has 0 heterocycles. The van der Waals surface area contributed by atoms with Crippen LogP contribution in [0.25, 0.3) is 10.4 Å². The highest BCUT2D eigenvalue weighted by Crippen LogP contribution is 2.13. The molecule has 0 aliphatic rings. The van der Waals surface area contributed by atoms with Crippen LogP contribution in [0.4, 0.5) is 0 Å². The molecule has 0 fully saturated rings. The van der Waals surface area contributed by atoms with E-state index < -0.39 is 5.97 Å². The number of allylic oxidation sites excluding steroid dienone is 1. The SMILES string of the molecule is CCCCCCC(C/C=C\CCCCCCCC(=O)O)N=[N+]=[N-]. The van der Waals surface area contributed by atoms with E-state index in [9.17, 15) is 4.79 Å². The molecule has 1 atom stereocenters. The molecule has 0 rings (SSSR count). The third-order valence-corrected chi connectivity index (χ3v) is 3.94. The Balaban J connectivity index is 3.59. The molecule has 0 spiro atoms. The van der Waals surface area contributed by atoms with Crippen LogP contribution >= 0.6 is 0 Å². The molecule has 0 saturated carbocycles. The van der Waals surface area contributed by atoms with E-state index in [-0.39, 0.29) is 6.04 Å². The Bertz CT molecular complexity index is 363. The first-order valence-electron chi connectivity index (χ1n) is 9.11. The minimum atomic E-state index is -0.697. The fraction of sp³-hybridized carbons (Fsp3) is 0.833. The number of hydrogen-bond donors (Lipinski definition) is 1. The van der Waals surface area contributed by atoms with Gasteiger partial charge in [0.2, 0.25) is 0 Å². The molecule has 5 nitrogen and oxygen atoms in total. The second-order valence-corrected chi connectivity index (χ2v) is 6.12. The van der Waals surface area contributed by atoms with Crippen LogP contribution in [0.5, 0.6) is 0 Å². The summed E-state index contributed by atoms with van der Waals surface area (Å²) in [6, 6.07) is 0.101. The zero-order chi connectivity index (χ0) is 17.2.